The van der Waals surface area contributed by atoms with Crippen LogP contribution >= 0.6 is 0 Å². The Hall–Kier alpha value is -1.73. The first kappa shape index (κ1) is 10.4. The van der Waals surface area contributed by atoms with Crippen LogP contribution in [0.5, 0.6) is 0 Å². The number of nitriles is 1. The average molecular weight is 183 g/mol. The minimum absolute atomic E-state index is 0.436. The van der Waals surface area contributed by atoms with Crippen molar-refractivity contribution in [2.75, 3.05) is 0 Å². The van der Waals surface area contributed by atoms with Gasteiger partial charge in [0.15, 0.2) is 0 Å². The monoisotopic (exact) mass is 183 g/mol. The van der Waals surface area contributed by atoms with Gasteiger partial charge < -0.3 is 0 Å². The first-order chi connectivity index (χ1) is 6.76. The summed E-state index contributed by atoms with van der Waals surface area (Å²) in [6.07, 6.45) is 1.07. The normalized spacial score (nSPS) is 10.9. The van der Waals surface area contributed by atoms with Crippen molar-refractivity contribution >= 4 is 0 Å². The van der Waals surface area contributed by atoms with Crippen LogP contribution in [-0.2, 0) is 0 Å². The Balaban J connectivity index is 2.77. The maximum Gasteiger partial charge on any atom is 0.0991 e. The van der Waals surface area contributed by atoms with Crippen molar-refractivity contribution in [3.8, 4) is 17.9 Å². The van der Waals surface area contributed by atoms with Gasteiger partial charge in [-0.1, -0.05) is 25.7 Å². The molecule has 0 fully saturated rings. The van der Waals surface area contributed by atoms with Gasteiger partial charge in [0, 0.05) is 11.5 Å². The zero-order valence-electron chi connectivity index (χ0n) is 8.54. The van der Waals surface area contributed by atoms with Gasteiger partial charge in [-0.3, -0.25) is 0 Å². The number of benzene rings is 1. The molecule has 0 bridgehead atoms. The summed E-state index contributed by atoms with van der Waals surface area (Å²) in [6, 6.07) is 9.43. The first-order valence-corrected chi connectivity index (χ1v) is 4.78. The van der Waals surface area contributed by atoms with E-state index in [-0.39, 0.29) is 0 Å². The van der Waals surface area contributed by atoms with E-state index in [1.54, 1.807) is 12.1 Å². The van der Waals surface area contributed by atoms with E-state index in [1.807, 2.05) is 12.1 Å². The van der Waals surface area contributed by atoms with E-state index in [9.17, 15) is 0 Å². The zero-order chi connectivity index (χ0) is 10.4. The lowest BCUT2D eigenvalue weighted by molar-refractivity contribution is 0.723. The molecule has 0 aliphatic heterocycles. The summed E-state index contributed by atoms with van der Waals surface area (Å²) in [7, 11) is 0. The van der Waals surface area contributed by atoms with E-state index < -0.39 is 0 Å². The molecular weight excluding hydrogens is 170 g/mol. The molecule has 0 aromatic heterocycles. The molecule has 1 nitrogen and oxygen atoms in total. The van der Waals surface area contributed by atoms with Crippen molar-refractivity contribution in [3.63, 3.8) is 0 Å². The highest BCUT2D eigenvalue weighted by Crippen LogP contribution is 2.03. The molecule has 0 amide bonds. The third kappa shape index (κ3) is 2.96. The van der Waals surface area contributed by atoms with Crippen LogP contribution in [0.15, 0.2) is 24.3 Å². The van der Waals surface area contributed by atoms with E-state index in [2.05, 4.69) is 31.8 Å². The van der Waals surface area contributed by atoms with Gasteiger partial charge in [-0.05, 0) is 30.7 Å². The summed E-state index contributed by atoms with van der Waals surface area (Å²) in [5.74, 6) is 6.68. The Labute approximate surface area is 85.4 Å². The SMILES string of the molecule is CCC(C)C#Cc1ccc(C#N)cc1. The topological polar surface area (TPSA) is 23.8 Å². The van der Waals surface area contributed by atoms with E-state index in [1.165, 1.54) is 0 Å². The Morgan fingerprint density at radius 2 is 1.79 bits per heavy atom. The van der Waals surface area contributed by atoms with Crippen molar-refractivity contribution in [2.24, 2.45) is 5.92 Å². The fraction of sp³-hybridized carbons (Fsp3) is 0.308. The lowest BCUT2D eigenvalue weighted by atomic mass is 10.1. The fourth-order valence-electron chi connectivity index (χ4n) is 0.937. The Morgan fingerprint density at radius 1 is 1.21 bits per heavy atom. The van der Waals surface area contributed by atoms with Crippen LogP contribution in [0, 0.1) is 29.1 Å². The number of hydrogen-bond donors (Lipinski definition) is 0. The predicted octanol–water partition coefficient (Wildman–Crippen LogP) is 2.96. The van der Waals surface area contributed by atoms with E-state index in [4.69, 9.17) is 5.26 Å². The largest absolute Gasteiger partial charge is 0.192 e. The highest BCUT2D eigenvalue weighted by Gasteiger charge is 1.91. The Morgan fingerprint density at radius 3 is 2.29 bits per heavy atom. The lowest BCUT2D eigenvalue weighted by Gasteiger charge is -1.95. The standard InChI is InChI=1S/C13H13N/c1-3-11(2)4-5-12-6-8-13(10-14)9-7-12/h6-9,11H,3H2,1-2H3. The summed E-state index contributed by atoms with van der Waals surface area (Å²) in [5, 5.41) is 8.60. The summed E-state index contributed by atoms with van der Waals surface area (Å²) in [5.41, 5.74) is 1.66. The van der Waals surface area contributed by atoms with Gasteiger partial charge in [0.1, 0.15) is 0 Å². The van der Waals surface area contributed by atoms with E-state index in [0.29, 0.717) is 11.5 Å². The Kier molecular flexibility index (Phi) is 3.77. The van der Waals surface area contributed by atoms with Gasteiger partial charge in [0.05, 0.1) is 11.6 Å². The second-order valence-corrected chi connectivity index (χ2v) is 3.27. The Bertz CT molecular complexity index is 384. The highest BCUT2D eigenvalue weighted by atomic mass is 14.2. The molecule has 1 atom stereocenters. The molecule has 70 valence electrons. The van der Waals surface area contributed by atoms with Crippen molar-refractivity contribution in [1.29, 1.82) is 5.26 Å². The summed E-state index contributed by atoms with van der Waals surface area (Å²) in [6.45, 7) is 4.23. The number of nitrogens with zero attached hydrogens (tertiary/aromatic N) is 1. The molecule has 0 spiro atoms. The van der Waals surface area contributed by atoms with Crippen LogP contribution in [0.4, 0.5) is 0 Å². The number of hydrogen-bond acceptors (Lipinski definition) is 1. The maximum absolute atomic E-state index is 8.60. The molecule has 0 aliphatic rings. The van der Waals surface area contributed by atoms with Crippen LogP contribution in [0.25, 0.3) is 0 Å². The molecule has 0 saturated heterocycles. The van der Waals surface area contributed by atoms with Crippen molar-refractivity contribution in [1.82, 2.24) is 0 Å². The molecule has 1 aromatic carbocycles. The summed E-state index contributed by atoms with van der Waals surface area (Å²) in [4.78, 5) is 0. The maximum atomic E-state index is 8.60. The van der Waals surface area contributed by atoms with Crippen LogP contribution in [0.1, 0.15) is 31.4 Å². The molecule has 1 unspecified atom stereocenters. The summed E-state index contributed by atoms with van der Waals surface area (Å²) >= 11 is 0. The molecule has 1 heteroatoms. The van der Waals surface area contributed by atoms with Crippen LogP contribution in [-0.4, -0.2) is 0 Å². The van der Waals surface area contributed by atoms with Crippen molar-refractivity contribution in [3.05, 3.63) is 35.4 Å². The van der Waals surface area contributed by atoms with Crippen LogP contribution < -0.4 is 0 Å². The molecule has 1 aromatic rings. The highest BCUT2D eigenvalue weighted by molar-refractivity contribution is 5.39. The third-order valence-electron chi connectivity index (χ3n) is 2.09. The van der Waals surface area contributed by atoms with Crippen LogP contribution in [0.2, 0.25) is 0 Å². The van der Waals surface area contributed by atoms with Crippen LogP contribution in [0.3, 0.4) is 0 Å². The molecule has 1 rings (SSSR count). The molecule has 0 aliphatic carbocycles. The quantitative estimate of drug-likeness (QED) is 0.614. The van der Waals surface area contributed by atoms with Gasteiger partial charge in [0.25, 0.3) is 0 Å². The molecule has 0 saturated carbocycles. The van der Waals surface area contributed by atoms with Crippen molar-refractivity contribution < 1.29 is 0 Å². The summed E-state index contributed by atoms with van der Waals surface area (Å²) < 4.78 is 0. The third-order valence-corrected chi connectivity index (χ3v) is 2.09. The first-order valence-electron chi connectivity index (χ1n) is 4.78. The predicted molar refractivity (Wildman–Crippen MR) is 57.5 cm³/mol. The van der Waals surface area contributed by atoms with Gasteiger partial charge in [0.2, 0.25) is 0 Å². The average Bonchev–Trinajstić information content (AvgIpc) is 2.26. The van der Waals surface area contributed by atoms with Crippen molar-refractivity contribution in [2.45, 2.75) is 20.3 Å². The second-order valence-electron chi connectivity index (χ2n) is 3.27. The van der Waals surface area contributed by atoms with Gasteiger partial charge in [-0.2, -0.15) is 5.26 Å². The molecular formula is C13H13N. The molecule has 0 radical (unpaired) electrons. The van der Waals surface area contributed by atoms with E-state index >= 15 is 0 Å². The lowest BCUT2D eigenvalue weighted by Crippen LogP contribution is -1.85. The minimum atomic E-state index is 0.436. The zero-order valence-corrected chi connectivity index (χ0v) is 8.54. The molecule has 0 heterocycles. The fourth-order valence-corrected chi connectivity index (χ4v) is 0.937. The minimum Gasteiger partial charge on any atom is -0.192 e. The number of rotatable bonds is 1. The van der Waals surface area contributed by atoms with Gasteiger partial charge in [-0.15, -0.1) is 0 Å². The smallest absolute Gasteiger partial charge is 0.0991 e. The van der Waals surface area contributed by atoms with Gasteiger partial charge >= 0.3 is 0 Å². The second kappa shape index (κ2) is 5.10. The molecule has 14 heavy (non-hydrogen) atoms. The molecule has 0 N–H and O–H groups in total. The van der Waals surface area contributed by atoms with Gasteiger partial charge in [-0.25, -0.2) is 0 Å². The van der Waals surface area contributed by atoms with E-state index in [0.717, 1.165) is 12.0 Å².